The average molecular weight is 482 g/mol. The lowest BCUT2D eigenvalue weighted by Crippen LogP contribution is -2.48. The van der Waals surface area contributed by atoms with Gasteiger partial charge < -0.3 is 19.4 Å². The van der Waals surface area contributed by atoms with Crippen molar-refractivity contribution >= 4 is 17.7 Å². The molecule has 2 heterocycles. The fourth-order valence-corrected chi connectivity index (χ4v) is 4.18. The minimum atomic E-state index is -0.593. The molecular weight excluding hydrogens is 446 g/mol. The molecule has 0 unspecified atom stereocenters. The molecule has 1 aliphatic heterocycles. The molecule has 1 aromatic heterocycles. The van der Waals surface area contributed by atoms with Crippen LogP contribution in [-0.2, 0) is 4.79 Å². The van der Waals surface area contributed by atoms with Crippen LogP contribution in [0.25, 0.3) is 0 Å². The van der Waals surface area contributed by atoms with Crippen LogP contribution in [0.3, 0.4) is 0 Å². The van der Waals surface area contributed by atoms with Crippen LogP contribution < -0.4 is 4.74 Å². The van der Waals surface area contributed by atoms with Gasteiger partial charge >= 0.3 is 0 Å². The zero-order valence-electron chi connectivity index (χ0n) is 20.9. The van der Waals surface area contributed by atoms with Crippen LogP contribution in [0.15, 0.2) is 43.0 Å². The van der Waals surface area contributed by atoms with Crippen molar-refractivity contribution in [1.29, 1.82) is 0 Å². The number of amides is 3. The van der Waals surface area contributed by atoms with Crippen LogP contribution in [0.4, 0.5) is 0 Å². The van der Waals surface area contributed by atoms with E-state index in [0.717, 1.165) is 19.3 Å². The van der Waals surface area contributed by atoms with Gasteiger partial charge in [-0.15, -0.1) is 0 Å². The highest BCUT2D eigenvalue weighted by Crippen LogP contribution is 2.23. The van der Waals surface area contributed by atoms with Crippen LogP contribution in [0.5, 0.6) is 5.75 Å². The maximum absolute atomic E-state index is 13.4. The fourth-order valence-electron chi connectivity index (χ4n) is 4.18. The molecule has 2 aromatic rings. The summed E-state index contributed by atoms with van der Waals surface area (Å²) in [5.74, 6) is 0.105. The molecule has 35 heavy (non-hydrogen) atoms. The molecule has 0 saturated heterocycles. The number of hydrogen-bond donors (Lipinski definition) is 0. The summed E-state index contributed by atoms with van der Waals surface area (Å²) in [6, 6.07) is 6.60. The normalized spacial score (nSPS) is 17.5. The standard InChI is InChI=1S/C26H35N5O4/c1-29(24(32)20-17-27-19-28-18-20)15-9-7-12-22-26(34)30(2)14-8-4-10-16-35-23-13-6-5-11-21(23)25(33)31(22)3/h5-6,11,13,17-19,22H,4,7-10,12,14-16H2,1-3H3/t22-/m0/s1. The predicted octanol–water partition coefficient (Wildman–Crippen LogP) is 2.88. The molecule has 188 valence electrons. The molecule has 3 amide bonds. The van der Waals surface area contributed by atoms with Gasteiger partial charge in [-0.05, 0) is 50.7 Å². The first kappa shape index (κ1) is 26.1. The zero-order valence-corrected chi connectivity index (χ0v) is 20.9. The molecule has 0 fully saturated rings. The first-order valence-corrected chi connectivity index (χ1v) is 12.1. The number of hydrogen-bond acceptors (Lipinski definition) is 6. The van der Waals surface area contributed by atoms with Gasteiger partial charge in [0, 0.05) is 46.6 Å². The summed E-state index contributed by atoms with van der Waals surface area (Å²) in [6.07, 6.45) is 8.96. The van der Waals surface area contributed by atoms with E-state index < -0.39 is 6.04 Å². The van der Waals surface area contributed by atoms with Gasteiger partial charge in [-0.2, -0.15) is 0 Å². The number of carbonyl (C=O) groups excluding carboxylic acids is 3. The largest absolute Gasteiger partial charge is 0.493 e. The molecule has 9 nitrogen and oxygen atoms in total. The third-order valence-corrected chi connectivity index (χ3v) is 6.34. The Morgan fingerprint density at radius 3 is 2.60 bits per heavy atom. The lowest BCUT2D eigenvalue weighted by molar-refractivity contribution is -0.134. The topological polar surface area (TPSA) is 95.9 Å². The summed E-state index contributed by atoms with van der Waals surface area (Å²) < 4.78 is 5.90. The predicted molar refractivity (Wildman–Crippen MR) is 132 cm³/mol. The van der Waals surface area contributed by atoms with Gasteiger partial charge in [0.25, 0.3) is 11.8 Å². The minimum Gasteiger partial charge on any atom is -0.493 e. The minimum absolute atomic E-state index is 0.0654. The number of ether oxygens (including phenoxy) is 1. The van der Waals surface area contributed by atoms with Gasteiger partial charge in [0.1, 0.15) is 18.1 Å². The van der Waals surface area contributed by atoms with Crippen molar-refractivity contribution in [2.45, 2.75) is 44.6 Å². The molecule has 0 spiro atoms. The van der Waals surface area contributed by atoms with E-state index in [2.05, 4.69) is 9.97 Å². The highest BCUT2D eigenvalue weighted by molar-refractivity contribution is 5.99. The van der Waals surface area contributed by atoms with Crippen LogP contribution in [0, 0.1) is 0 Å². The number of rotatable bonds is 6. The molecule has 1 aliphatic rings. The molecule has 3 rings (SSSR count). The molecule has 9 heteroatoms. The lowest BCUT2D eigenvalue weighted by atomic mass is 10.0. The summed E-state index contributed by atoms with van der Waals surface area (Å²) in [6.45, 7) is 1.70. The molecule has 1 aromatic carbocycles. The van der Waals surface area contributed by atoms with E-state index in [1.165, 1.54) is 23.6 Å². The summed E-state index contributed by atoms with van der Waals surface area (Å²) >= 11 is 0. The van der Waals surface area contributed by atoms with Gasteiger partial charge in [0.2, 0.25) is 5.91 Å². The number of para-hydroxylation sites is 1. The van der Waals surface area contributed by atoms with E-state index in [1.54, 1.807) is 49.1 Å². The van der Waals surface area contributed by atoms with E-state index in [-0.39, 0.29) is 17.7 Å². The maximum Gasteiger partial charge on any atom is 0.258 e. The third kappa shape index (κ3) is 7.00. The molecular formula is C26H35N5O4. The molecule has 0 saturated carbocycles. The first-order chi connectivity index (χ1) is 16.9. The third-order valence-electron chi connectivity index (χ3n) is 6.34. The quantitative estimate of drug-likeness (QED) is 0.589. The lowest BCUT2D eigenvalue weighted by Gasteiger charge is -2.31. The monoisotopic (exact) mass is 481 g/mol. The van der Waals surface area contributed by atoms with Crippen LogP contribution >= 0.6 is 0 Å². The number of likely N-dealkylation sites (N-methyl/N-ethyl adjacent to an activating group) is 2. The van der Waals surface area contributed by atoms with Gasteiger partial charge in [0.05, 0.1) is 17.7 Å². The highest BCUT2D eigenvalue weighted by Gasteiger charge is 2.31. The Balaban J connectivity index is 1.68. The molecule has 1 atom stereocenters. The van der Waals surface area contributed by atoms with E-state index in [9.17, 15) is 14.4 Å². The second-order valence-electron chi connectivity index (χ2n) is 8.95. The van der Waals surface area contributed by atoms with E-state index >= 15 is 0 Å². The second kappa shape index (κ2) is 12.8. The summed E-state index contributed by atoms with van der Waals surface area (Å²) in [5.41, 5.74) is 0.901. The summed E-state index contributed by atoms with van der Waals surface area (Å²) in [5, 5.41) is 0. The van der Waals surface area contributed by atoms with Gasteiger partial charge in [-0.25, -0.2) is 9.97 Å². The van der Waals surface area contributed by atoms with E-state index in [1.807, 2.05) is 6.07 Å². The van der Waals surface area contributed by atoms with Gasteiger partial charge in [0.15, 0.2) is 0 Å². The number of nitrogens with zero attached hydrogens (tertiary/aromatic N) is 5. The Morgan fingerprint density at radius 2 is 1.83 bits per heavy atom. The molecule has 0 radical (unpaired) electrons. The first-order valence-electron chi connectivity index (χ1n) is 12.1. The Kier molecular flexibility index (Phi) is 9.57. The zero-order chi connectivity index (χ0) is 25.2. The number of benzene rings is 1. The molecule has 0 aliphatic carbocycles. The Morgan fingerprint density at radius 1 is 1.09 bits per heavy atom. The van der Waals surface area contributed by atoms with Crippen molar-refractivity contribution in [2.24, 2.45) is 0 Å². The van der Waals surface area contributed by atoms with E-state index in [4.69, 9.17) is 4.74 Å². The number of fused-ring (bicyclic) bond motifs is 1. The van der Waals surface area contributed by atoms with Crippen molar-refractivity contribution < 1.29 is 19.1 Å². The average Bonchev–Trinajstić information content (AvgIpc) is 2.89. The number of unbranched alkanes of at least 4 members (excludes halogenated alkanes) is 1. The number of carbonyl (C=O) groups is 3. The summed E-state index contributed by atoms with van der Waals surface area (Å²) in [7, 11) is 5.21. The van der Waals surface area contributed by atoms with Crippen LogP contribution in [0.2, 0.25) is 0 Å². The van der Waals surface area contributed by atoms with Crippen molar-refractivity contribution in [3.05, 3.63) is 54.1 Å². The van der Waals surface area contributed by atoms with Crippen molar-refractivity contribution in [3.63, 3.8) is 0 Å². The van der Waals surface area contributed by atoms with E-state index in [0.29, 0.717) is 55.8 Å². The summed E-state index contributed by atoms with van der Waals surface area (Å²) in [4.78, 5) is 51.9. The molecule has 0 bridgehead atoms. The van der Waals surface area contributed by atoms with Crippen molar-refractivity contribution in [2.75, 3.05) is 40.8 Å². The fraction of sp³-hybridized carbons (Fsp3) is 0.500. The van der Waals surface area contributed by atoms with Gasteiger partial charge in [-0.1, -0.05) is 12.1 Å². The smallest absolute Gasteiger partial charge is 0.258 e. The Bertz CT molecular complexity index is 1000. The van der Waals surface area contributed by atoms with Crippen molar-refractivity contribution in [1.82, 2.24) is 24.7 Å². The Labute approximate surface area is 207 Å². The van der Waals surface area contributed by atoms with Crippen LogP contribution in [0.1, 0.15) is 59.2 Å². The number of aromatic nitrogens is 2. The second-order valence-corrected chi connectivity index (χ2v) is 8.95. The van der Waals surface area contributed by atoms with Crippen molar-refractivity contribution in [3.8, 4) is 5.75 Å². The Hall–Kier alpha value is -3.49. The maximum atomic E-state index is 13.4. The van der Waals surface area contributed by atoms with Crippen LogP contribution in [-0.4, -0.2) is 89.3 Å². The SMILES string of the molecule is CN(CCCC[C@H]1C(=O)N(C)CCCCCOc2ccccc2C(=O)N1C)C(=O)c1cncnc1. The van der Waals surface area contributed by atoms with Gasteiger partial charge in [-0.3, -0.25) is 14.4 Å². The highest BCUT2D eigenvalue weighted by atomic mass is 16.5. The molecule has 0 N–H and O–H groups in total.